The molecule has 0 amide bonds. The summed E-state index contributed by atoms with van der Waals surface area (Å²) >= 11 is 0. The molecule has 0 N–H and O–H groups in total. The molecule has 4 nitrogen and oxygen atoms in total. The Hall–Kier alpha value is -1.59. The smallest absolute Gasteiger partial charge is 0.302 e. The van der Waals surface area contributed by atoms with Crippen molar-refractivity contribution in [2.75, 3.05) is 6.61 Å². The Morgan fingerprint density at radius 2 is 1.64 bits per heavy atom. The van der Waals surface area contributed by atoms with Gasteiger partial charge < -0.3 is 4.74 Å². The number of hydrogen-bond acceptors (Lipinski definition) is 4. The van der Waals surface area contributed by atoms with Crippen molar-refractivity contribution < 1.29 is 17.9 Å². The Morgan fingerprint density at radius 1 is 1.09 bits per heavy atom. The van der Waals surface area contributed by atoms with Gasteiger partial charge in [-0.2, -0.15) is 0 Å². The summed E-state index contributed by atoms with van der Waals surface area (Å²) in [5.74, 6) is -0.211. The molecule has 0 bridgehead atoms. The molecule has 0 aromatic heterocycles. The number of carbonyl (C=O) groups is 1. The maximum Gasteiger partial charge on any atom is 0.302 e. The van der Waals surface area contributed by atoms with Crippen LogP contribution >= 0.6 is 10.7 Å². The third kappa shape index (κ3) is 7.43. The van der Waals surface area contributed by atoms with Gasteiger partial charge in [0.2, 0.25) is 0 Å². The van der Waals surface area contributed by atoms with Crippen molar-refractivity contribution in [3.05, 3.63) is 42.5 Å². The van der Waals surface area contributed by atoms with E-state index in [2.05, 4.69) is 4.74 Å². The van der Waals surface area contributed by atoms with Crippen molar-refractivity contribution >= 4 is 36.5 Å². The van der Waals surface area contributed by atoms with Gasteiger partial charge in [0.15, 0.2) is 0 Å². The zero-order valence-electron chi connectivity index (χ0n) is 13.2. The van der Waals surface area contributed by atoms with E-state index < -0.39 is 9.05 Å². The topological polar surface area (TPSA) is 60.4 Å². The number of esters is 1. The molecule has 0 aliphatic carbocycles. The summed E-state index contributed by atoms with van der Waals surface area (Å²) in [5.41, 5.74) is 0. The van der Waals surface area contributed by atoms with Crippen molar-refractivity contribution in [3.63, 3.8) is 0 Å². The van der Waals surface area contributed by atoms with E-state index in [4.69, 9.17) is 10.7 Å². The van der Waals surface area contributed by atoms with Crippen LogP contribution in [0.15, 0.2) is 47.4 Å². The van der Waals surface area contributed by atoms with Crippen LogP contribution in [0.5, 0.6) is 0 Å². The predicted molar refractivity (Wildman–Crippen MR) is 90.6 cm³/mol. The van der Waals surface area contributed by atoms with Crippen LogP contribution in [-0.4, -0.2) is 21.0 Å². The molecule has 6 heteroatoms. The van der Waals surface area contributed by atoms with Crippen molar-refractivity contribution in [2.24, 2.45) is 0 Å². The van der Waals surface area contributed by atoms with Gasteiger partial charge in [0.25, 0.3) is 9.05 Å². The molecule has 0 spiro atoms. The van der Waals surface area contributed by atoms with Crippen LogP contribution in [0.1, 0.15) is 27.7 Å². The van der Waals surface area contributed by atoms with E-state index in [1.54, 1.807) is 19.1 Å². The van der Waals surface area contributed by atoms with E-state index in [9.17, 15) is 13.2 Å². The fraction of sp³-hybridized carbons (Fsp3) is 0.312. The van der Waals surface area contributed by atoms with E-state index in [1.807, 2.05) is 38.1 Å². The van der Waals surface area contributed by atoms with Crippen LogP contribution in [0.2, 0.25) is 0 Å². The molecule has 22 heavy (non-hydrogen) atoms. The molecular weight excluding hydrogens is 324 g/mol. The van der Waals surface area contributed by atoms with Crippen molar-refractivity contribution in [3.8, 4) is 0 Å². The second-order valence-corrected chi connectivity index (χ2v) is 6.44. The molecule has 0 fully saturated rings. The summed E-state index contributed by atoms with van der Waals surface area (Å²) in [7, 11) is 1.61. The van der Waals surface area contributed by atoms with Gasteiger partial charge in [-0.05, 0) is 29.8 Å². The van der Waals surface area contributed by atoms with E-state index in [0.29, 0.717) is 6.61 Å². The SMILES string of the molecule is CC.CCOC(C)=O.O=S(=O)(Cl)c1ccc2ccccc2c1. The average Bonchev–Trinajstić information content (AvgIpc) is 2.48. The lowest BCUT2D eigenvalue weighted by atomic mass is 10.1. The minimum absolute atomic E-state index is 0.137. The van der Waals surface area contributed by atoms with Crippen LogP contribution in [-0.2, 0) is 18.6 Å². The number of halogens is 1. The molecule has 0 saturated heterocycles. The normalized spacial score (nSPS) is 9.86. The van der Waals surface area contributed by atoms with Gasteiger partial charge in [-0.25, -0.2) is 8.42 Å². The third-order valence-electron chi connectivity index (χ3n) is 2.35. The monoisotopic (exact) mass is 344 g/mol. The molecule has 0 radical (unpaired) electrons. The lowest BCUT2D eigenvalue weighted by Gasteiger charge is -1.99. The Bertz CT molecular complexity index is 696. The van der Waals surface area contributed by atoms with E-state index in [-0.39, 0.29) is 10.9 Å². The molecule has 122 valence electrons. The maximum atomic E-state index is 11.0. The van der Waals surface area contributed by atoms with E-state index in [1.165, 1.54) is 13.0 Å². The summed E-state index contributed by atoms with van der Waals surface area (Å²) in [6.07, 6.45) is 0. The number of fused-ring (bicyclic) bond motifs is 1. The lowest BCUT2D eigenvalue weighted by molar-refractivity contribution is -0.140. The van der Waals surface area contributed by atoms with Crippen molar-refractivity contribution in [1.82, 2.24) is 0 Å². The average molecular weight is 345 g/mol. The Balaban J connectivity index is 0.000000470. The van der Waals surface area contributed by atoms with Gasteiger partial charge in [-0.1, -0.05) is 44.2 Å². The van der Waals surface area contributed by atoms with E-state index >= 15 is 0 Å². The van der Waals surface area contributed by atoms with Gasteiger partial charge >= 0.3 is 5.97 Å². The van der Waals surface area contributed by atoms with Crippen LogP contribution in [0.3, 0.4) is 0 Å². The quantitative estimate of drug-likeness (QED) is 0.599. The largest absolute Gasteiger partial charge is 0.466 e. The van der Waals surface area contributed by atoms with Crippen LogP contribution in [0.4, 0.5) is 0 Å². The molecule has 0 heterocycles. The highest BCUT2D eigenvalue weighted by atomic mass is 35.7. The first-order valence-corrected chi connectivity index (χ1v) is 9.22. The summed E-state index contributed by atoms with van der Waals surface area (Å²) in [6.45, 7) is 7.65. The molecule has 2 rings (SSSR count). The highest BCUT2D eigenvalue weighted by Gasteiger charge is 2.09. The second kappa shape index (κ2) is 10.2. The number of rotatable bonds is 2. The zero-order valence-corrected chi connectivity index (χ0v) is 14.7. The highest BCUT2D eigenvalue weighted by Crippen LogP contribution is 2.21. The first-order chi connectivity index (χ1) is 10.3. The fourth-order valence-electron chi connectivity index (χ4n) is 1.52. The first kappa shape index (κ1) is 20.4. The molecule has 0 aliphatic rings. The molecule has 0 saturated carbocycles. The molecule has 0 atom stereocenters. The van der Waals surface area contributed by atoms with Crippen LogP contribution < -0.4 is 0 Å². The minimum Gasteiger partial charge on any atom is -0.466 e. The number of carbonyl (C=O) groups excluding carboxylic acids is 1. The highest BCUT2D eigenvalue weighted by molar-refractivity contribution is 8.13. The van der Waals surface area contributed by atoms with Crippen molar-refractivity contribution in [2.45, 2.75) is 32.6 Å². The fourth-order valence-corrected chi connectivity index (χ4v) is 2.31. The summed E-state index contributed by atoms with van der Waals surface area (Å²) in [4.78, 5) is 9.96. The Labute approximate surface area is 136 Å². The molecular formula is C16H21ClO4S. The predicted octanol–water partition coefficient (Wildman–Crippen LogP) is 4.36. The van der Waals surface area contributed by atoms with Gasteiger partial charge in [0.05, 0.1) is 11.5 Å². The summed E-state index contributed by atoms with van der Waals surface area (Å²) in [6, 6.07) is 12.3. The Kier molecular flexibility index (Phi) is 9.45. The maximum absolute atomic E-state index is 11.0. The lowest BCUT2D eigenvalue weighted by Crippen LogP contribution is -1.95. The molecule has 2 aromatic rings. The summed E-state index contributed by atoms with van der Waals surface area (Å²) in [5, 5.41) is 1.87. The number of ether oxygens (including phenoxy) is 1. The van der Waals surface area contributed by atoms with Gasteiger partial charge in [-0.15, -0.1) is 0 Å². The first-order valence-electron chi connectivity index (χ1n) is 6.91. The molecule has 0 aliphatic heterocycles. The van der Waals surface area contributed by atoms with Crippen LogP contribution in [0, 0.1) is 0 Å². The summed E-state index contributed by atoms with van der Waals surface area (Å²) < 4.78 is 26.5. The number of benzene rings is 2. The minimum atomic E-state index is -3.62. The molecule has 0 unspecified atom stereocenters. The Morgan fingerprint density at radius 3 is 2.05 bits per heavy atom. The second-order valence-electron chi connectivity index (χ2n) is 3.87. The van der Waals surface area contributed by atoms with Gasteiger partial charge in [0.1, 0.15) is 0 Å². The van der Waals surface area contributed by atoms with Crippen LogP contribution in [0.25, 0.3) is 10.8 Å². The molecule has 2 aromatic carbocycles. The van der Waals surface area contributed by atoms with E-state index in [0.717, 1.165) is 10.8 Å². The zero-order chi connectivity index (χ0) is 17.2. The van der Waals surface area contributed by atoms with Crippen molar-refractivity contribution in [1.29, 1.82) is 0 Å². The standard InChI is InChI=1S/C10H7ClO2S.C4H8O2.C2H6/c11-14(12,13)10-6-5-8-3-1-2-4-9(8)7-10;1-3-6-4(2)5;1-2/h1-7H;3H2,1-2H3;1-2H3. The third-order valence-corrected chi connectivity index (χ3v) is 3.70. The van der Waals surface area contributed by atoms with Gasteiger partial charge in [-0.3, -0.25) is 4.79 Å². The number of hydrogen-bond donors (Lipinski definition) is 0. The van der Waals surface area contributed by atoms with Gasteiger partial charge in [0, 0.05) is 17.6 Å².